The summed E-state index contributed by atoms with van der Waals surface area (Å²) in [5.41, 5.74) is 0. The Labute approximate surface area is 140 Å². The lowest BCUT2D eigenvalue weighted by atomic mass is 10.2. The Balaban J connectivity index is 1.51. The SMILES string of the molecule is Cc1nnc([C@@H]2COCCN2C(=O)CCCOc2ccccc2)o1. The zero-order valence-electron chi connectivity index (χ0n) is 13.7. The number of benzene rings is 1. The Morgan fingerprint density at radius 1 is 1.33 bits per heavy atom. The average Bonchev–Trinajstić information content (AvgIpc) is 3.06. The Morgan fingerprint density at radius 3 is 2.92 bits per heavy atom. The minimum absolute atomic E-state index is 0.0517. The molecule has 2 heterocycles. The third-order valence-electron chi connectivity index (χ3n) is 3.82. The highest BCUT2D eigenvalue weighted by Gasteiger charge is 2.32. The van der Waals surface area contributed by atoms with Gasteiger partial charge in [0, 0.05) is 19.9 Å². The van der Waals surface area contributed by atoms with Gasteiger partial charge in [-0.3, -0.25) is 4.79 Å². The number of aryl methyl sites for hydroxylation is 1. The van der Waals surface area contributed by atoms with Crippen LogP contribution < -0.4 is 4.74 Å². The van der Waals surface area contributed by atoms with Gasteiger partial charge in [-0.25, -0.2) is 0 Å². The van der Waals surface area contributed by atoms with Gasteiger partial charge in [0.15, 0.2) is 0 Å². The van der Waals surface area contributed by atoms with Gasteiger partial charge in [0.25, 0.3) is 0 Å². The number of ether oxygens (including phenoxy) is 2. The van der Waals surface area contributed by atoms with Crippen molar-refractivity contribution in [3.05, 3.63) is 42.1 Å². The van der Waals surface area contributed by atoms with E-state index in [1.165, 1.54) is 0 Å². The van der Waals surface area contributed by atoms with Crippen LogP contribution in [-0.2, 0) is 9.53 Å². The van der Waals surface area contributed by atoms with Crippen LogP contribution in [0.25, 0.3) is 0 Å². The van der Waals surface area contributed by atoms with E-state index in [2.05, 4.69) is 10.2 Å². The molecule has 1 aromatic heterocycles. The van der Waals surface area contributed by atoms with E-state index in [0.29, 0.717) is 51.0 Å². The summed E-state index contributed by atoms with van der Waals surface area (Å²) in [4.78, 5) is 14.3. The van der Waals surface area contributed by atoms with Crippen LogP contribution in [0.1, 0.15) is 30.7 Å². The number of carbonyl (C=O) groups is 1. The molecule has 0 bridgehead atoms. The van der Waals surface area contributed by atoms with Gasteiger partial charge >= 0.3 is 0 Å². The van der Waals surface area contributed by atoms with Crippen LogP contribution in [0, 0.1) is 6.92 Å². The average molecular weight is 331 g/mol. The smallest absolute Gasteiger partial charge is 0.241 e. The number of hydrogen-bond acceptors (Lipinski definition) is 6. The highest BCUT2D eigenvalue weighted by molar-refractivity contribution is 5.76. The molecule has 1 aromatic carbocycles. The fourth-order valence-corrected chi connectivity index (χ4v) is 2.63. The molecule has 1 saturated heterocycles. The molecule has 24 heavy (non-hydrogen) atoms. The largest absolute Gasteiger partial charge is 0.494 e. The topological polar surface area (TPSA) is 77.7 Å². The summed E-state index contributed by atoms with van der Waals surface area (Å²) < 4.78 is 16.6. The first-order chi connectivity index (χ1) is 11.7. The molecule has 1 aliphatic heterocycles. The second-order valence-corrected chi connectivity index (χ2v) is 5.60. The molecular weight excluding hydrogens is 310 g/mol. The van der Waals surface area contributed by atoms with E-state index in [1.54, 1.807) is 11.8 Å². The zero-order valence-corrected chi connectivity index (χ0v) is 13.7. The summed E-state index contributed by atoms with van der Waals surface area (Å²) in [7, 11) is 0. The molecule has 0 unspecified atom stereocenters. The van der Waals surface area contributed by atoms with Crippen molar-refractivity contribution in [2.75, 3.05) is 26.4 Å². The normalized spacial score (nSPS) is 17.7. The van der Waals surface area contributed by atoms with E-state index in [0.717, 1.165) is 5.75 Å². The maximum absolute atomic E-state index is 12.5. The lowest BCUT2D eigenvalue weighted by molar-refractivity contribution is -0.141. The van der Waals surface area contributed by atoms with Crippen LogP contribution in [0.5, 0.6) is 5.75 Å². The van der Waals surface area contributed by atoms with Crippen molar-refractivity contribution in [3.63, 3.8) is 0 Å². The second kappa shape index (κ2) is 7.92. The third kappa shape index (κ3) is 4.11. The van der Waals surface area contributed by atoms with Crippen molar-refractivity contribution in [2.45, 2.75) is 25.8 Å². The summed E-state index contributed by atoms with van der Waals surface area (Å²) in [5, 5.41) is 7.86. The molecule has 0 N–H and O–H groups in total. The van der Waals surface area contributed by atoms with E-state index < -0.39 is 0 Å². The van der Waals surface area contributed by atoms with Gasteiger partial charge < -0.3 is 18.8 Å². The standard InChI is InChI=1S/C17H21N3O4/c1-13-18-19-17(24-13)15-12-22-11-9-20(15)16(21)8-5-10-23-14-6-3-2-4-7-14/h2-4,6-7,15H,5,8-12H2,1H3/t15-/m0/s1. The zero-order chi connectivity index (χ0) is 16.8. The van der Waals surface area contributed by atoms with E-state index in [4.69, 9.17) is 13.9 Å². The maximum Gasteiger partial charge on any atom is 0.241 e. The fraction of sp³-hybridized carbons (Fsp3) is 0.471. The van der Waals surface area contributed by atoms with E-state index in [9.17, 15) is 4.79 Å². The van der Waals surface area contributed by atoms with E-state index in [-0.39, 0.29) is 11.9 Å². The monoisotopic (exact) mass is 331 g/mol. The number of carbonyl (C=O) groups excluding carboxylic acids is 1. The first-order valence-electron chi connectivity index (χ1n) is 8.09. The number of aromatic nitrogens is 2. The first-order valence-corrected chi connectivity index (χ1v) is 8.09. The molecule has 0 spiro atoms. The lowest BCUT2D eigenvalue weighted by Gasteiger charge is -2.33. The van der Waals surface area contributed by atoms with Crippen molar-refractivity contribution in [2.24, 2.45) is 0 Å². The summed E-state index contributed by atoms with van der Waals surface area (Å²) >= 11 is 0. The maximum atomic E-state index is 12.5. The molecule has 2 aromatic rings. The summed E-state index contributed by atoms with van der Waals surface area (Å²) in [6.45, 7) is 3.67. The highest BCUT2D eigenvalue weighted by atomic mass is 16.5. The van der Waals surface area contributed by atoms with Crippen LogP contribution in [0.4, 0.5) is 0 Å². The van der Waals surface area contributed by atoms with Crippen LogP contribution in [0.3, 0.4) is 0 Å². The molecule has 0 radical (unpaired) electrons. The first kappa shape index (κ1) is 16.4. The molecule has 1 atom stereocenters. The van der Waals surface area contributed by atoms with Crippen LogP contribution in [0.2, 0.25) is 0 Å². The molecule has 0 saturated carbocycles. The van der Waals surface area contributed by atoms with Crippen LogP contribution in [-0.4, -0.2) is 47.4 Å². The van der Waals surface area contributed by atoms with E-state index in [1.807, 2.05) is 30.3 Å². The molecule has 3 rings (SSSR count). The van der Waals surface area contributed by atoms with Gasteiger partial charge in [0.05, 0.1) is 19.8 Å². The van der Waals surface area contributed by atoms with Crippen LogP contribution >= 0.6 is 0 Å². The molecule has 7 heteroatoms. The van der Waals surface area contributed by atoms with Gasteiger partial charge in [0.1, 0.15) is 11.8 Å². The van der Waals surface area contributed by atoms with Gasteiger partial charge in [-0.1, -0.05) is 18.2 Å². The number of morpholine rings is 1. The molecule has 7 nitrogen and oxygen atoms in total. The Kier molecular flexibility index (Phi) is 5.43. The molecule has 128 valence electrons. The highest BCUT2D eigenvalue weighted by Crippen LogP contribution is 2.24. The minimum atomic E-state index is -0.303. The van der Waals surface area contributed by atoms with E-state index >= 15 is 0 Å². The minimum Gasteiger partial charge on any atom is -0.494 e. The van der Waals surface area contributed by atoms with Crippen molar-refractivity contribution < 1.29 is 18.7 Å². The lowest BCUT2D eigenvalue weighted by Crippen LogP contribution is -2.43. The Bertz CT molecular complexity index is 659. The molecule has 1 aliphatic rings. The summed E-state index contributed by atoms with van der Waals surface area (Å²) in [6, 6.07) is 9.28. The number of para-hydroxylation sites is 1. The summed E-state index contributed by atoms with van der Waals surface area (Å²) in [5.74, 6) is 1.78. The van der Waals surface area contributed by atoms with Gasteiger partial charge in [-0.05, 0) is 18.6 Å². The molecular formula is C17H21N3O4. The van der Waals surface area contributed by atoms with Crippen molar-refractivity contribution in [1.82, 2.24) is 15.1 Å². The van der Waals surface area contributed by atoms with Gasteiger partial charge in [-0.2, -0.15) is 0 Å². The predicted octanol–water partition coefficient (Wildman–Crippen LogP) is 2.14. The number of amides is 1. The van der Waals surface area contributed by atoms with Crippen molar-refractivity contribution >= 4 is 5.91 Å². The molecule has 1 fully saturated rings. The third-order valence-corrected chi connectivity index (χ3v) is 3.82. The van der Waals surface area contributed by atoms with Gasteiger partial charge in [0.2, 0.25) is 17.7 Å². The number of hydrogen-bond donors (Lipinski definition) is 0. The number of nitrogens with zero attached hydrogens (tertiary/aromatic N) is 3. The van der Waals surface area contributed by atoms with Crippen LogP contribution in [0.15, 0.2) is 34.7 Å². The molecule has 0 aliphatic carbocycles. The predicted molar refractivity (Wildman–Crippen MR) is 85.5 cm³/mol. The second-order valence-electron chi connectivity index (χ2n) is 5.60. The molecule has 1 amide bonds. The van der Waals surface area contributed by atoms with Crippen molar-refractivity contribution in [3.8, 4) is 5.75 Å². The fourth-order valence-electron chi connectivity index (χ4n) is 2.63. The Hall–Kier alpha value is -2.41. The quantitative estimate of drug-likeness (QED) is 0.755. The van der Waals surface area contributed by atoms with Gasteiger partial charge in [-0.15, -0.1) is 10.2 Å². The number of rotatable bonds is 6. The van der Waals surface area contributed by atoms with Crippen molar-refractivity contribution in [1.29, 1.82) is 0 Å². The summed E-state index contributed by atoms with van der Waals surface area (Å²) in [6.07, 6.45) is 1.07. The Morgan fingerprint density at radius 2 is 2.17 bits per heavy atom.